The fourth-order valence-electron chi connectivity index (χ4n) is 3.69. The first-order valence-corrected chi connectivity index (χ1v) is 11.3. The van der Waals surface area contributed by atoms with Crippen molar-refractivity contribution in [1.82, 2.24) is 14.1 Å². The quantitative estimate of drug-likeness (QED) is 0.758. The van der Waals surface area contributed by atoms with Gasteiger partial charge in [0.05, 0.1) is 16.6 Å². The topological polar surface area (TPSA) is 55.2 Å². The van der Waals surface area contributed by atoms with E-state index in [1.165, 1.54) is 5.69 Å². The van der Waals surface area contributed by atoms with Crippen molar-refractivity contribution in [1.29, 1.82) is 0 Å². The van der Waals surface area contributed by atoms with Gasteiger partial charge < -0.3 is 0 Å². The van der Waals surface area contributed by atoms with Crippen molar-refractivity contribution >= 4 is 10.0 Å². The number of hydrogen-bond acceptors (Lipinski definition) is 3. The van der Waals surface area contributed by atoms with Gasteiger partial charge in [-0.15, -0.1) is 0 Å². The average molecular weight is 390 g/mol. The van der Waals surface area contributed by atoms with Gasteiger partial charge in [-0.05, 0) is 55.4 Å². The van der Waals surface area contributed by atoms with Crippen molar-refractivity contribution < 1.29 is 8.42 Å². The number of hydrogen-bond donors (Lipinski definition) is 0. The van der Waals surface area contributed by atoms with Gasteiger partial charge in [-0.1, -0.05) is 39.8 Å². The molecule has 0 spiro atoms. The van der Waals surface area contributed by atoms with E-state index in [0.29, 0.717) is 29.8 Å². The van der Waals surface area contributed by atoms with E-state index in [4.69, 9.17) is 5.10 Å². The molecule has 6 heteroatoms. The Bertz CT molecular complexity index is 892. The van der Waals surface area contributed by atoms with Crippen LogP contribution in [0.3, 0.4) is 0 Å². The van der Waals surface area contributed by atoms with E-state index < -0.39 is 10.0 Å². The van der Waals surface area contributed by atoms with E-state index in [0.717, 1.165) is 24.1 Å². The summed E-state index contributed by atoms with van der Waals surface area (Å²) in [6, 6.07) is 9.64. The fraction of sp³-hybridized carbons (Fsp3) is 0.571. The predicted molar refractivity (Wildman–Crippen MR) is 109 cm³/mol. The van der Waals surface area contributed by atoms with Crippen LogP contribution < -0.4 is 0 Å². The number of nitrogens with zero attached hydrogens (tertiary/aromatic N) is 3. The van der Waals surface area contributed by atoms with Gasteiger partial charge in [-0.25, -0.2) is 8.42 Å². The minimum atomic E-state index is -3.42. The predicted octanol–water partition coefficient (Wildman–Crippen LogP) is 4.46. The second-order valence-electron chi connectivity index (χ2n) is 8.20. The highest BCUT2D eigenvalue weighted by Crippen LogP contribution is 2.31. The summed E-state index contributed by atoms with van der Waals surface area (Å²) in [5.74, 6) is 0.796. The average Bonchev–Trinajstić information content (AvgIpc) is 3.08. The van der Waals surface area contributed by atoms with Crippen LogP contribution in [-0.4, -0.2) is 35.6 Å². The molecule has 1 aliphatic heterocycles. The van der Waals surface area contributed by atoms with E-state index in [9.17, 15) is 8.42 Å². The summed E-state index contributed by atoms with van der Waals surface area (Å²) in [7, 11) is -3.42. The van der Waals surface area contributed by atoms with Crippen LogP contribution in [-0.2, 0) is 10.0 Å². The van der Waals surface area contributed by atoms with Crippen LogP contribution in [0, 0.1) is 6.92 Å². The number of piperidine rings is 1. The lowest BCUT2D eigenvalue weighted by Gasteiger charge is -2.32. The van der Waals surface area contributed by atoms with Crippen molar-refractivity contribution in [2.75, 3.05) is 13.1 Å². The Morgan fingerprint density at radius 2 is 1.70 bits per heavy atom. The van der Waals surface area contributed by atoms with E-state index in [-0.39, 0.29) is 6.04 Å². The molecule has 2 aromatic rings. The van der Waals surface area contributed by atoms with Crippen LogP contribution in [0.15, 0.2) is 35.2 Å². The van der Waals surface area contributed by atoms with Gasteiger partial charge in [-0.3, -0.25) is 4.68 Å². The van der Waals surface area contributed by atoms with E-state index >= 15 is 0 Å². The number of aromatic nitrogens is 2. The van der Waals surface area contributed by atoms with Crippen molar-refractivity contribution in [2.24, 2.45) is 0 Å². The molecule has 1 aromatic heterocycles. The zero-order chi connectivity index (χ0) is 19.8. The van der Waals surface area contributed by atoms with Crippen LogP contribution in [0.1, 0.15) is 75.4 Å². The Morgan fingerprint density at radius 3 is 2.26 bits per heavy atom. The molecule has 1 aromatic carbocycles. The highest BCUT2D eigenvalue weighted by molar-refractivity contribution is 7.89. The summed E-state index contributed by atoms with van der Waals surface area (Å²) < 4.78 is 29.7. The molecule has 0 aliphatic carbocycles. The summed E-state index contributed by atoms with van der Waals surface area (Å²) in [4.78, 5) is 0.394. The minimum absolute atomic E-state index is 0.263. The van der Waals surface area contributed by atoms with Gasteiger partial charge >= 0.3 is 0 Å². The molecule has 2 heterocycles. The molecule has 0 bridgehead atoms. The standard InChI is InChI=1S/C21H31N3O2S/c1-15(2)20-14-21(16(3)4)24(22-20)18-9-11-23(12-10-18)27(25,26)19-8-6-7-17(5)13-19/h6-8,13-16,18H,9-12H2,1-5H3. The highest BCUT2D eigenvalue weighted by atomic mass is 32.2. The molecule has 0 unspecified atom stereocenters. The van der Waals surface area contributed by atoms with Crippen LogP contribution in [0.25, 0.3) is 0 Å². The molecule has 3 rings (SSSR count). The Labute approximate surface area is 163 Å². The molecule has 148 valence electrons. The molecule has 0 N–H and O–H groups in total. The number of rotatable bonds is 5. The van der Waals surface area contributed by atoms with Crippen molar-refractivity contribution in [3.05, 3.63) is 47.3 Å². The van der Waals surface area contributed by atoms with Gasteiger partial charge in [0, 0.05) is 18.8 Å². The lowest BCUT2D eigenvalue weighted by Crippen LogP contribution is -2.39. The van der Waals surface area contributed by atoms with Gasteiger partial charge in [-0.2, -0.15) is 9.40 Å². The Hall–Kier alpha value is -1.66. The zero-order valence-corrected chi connectivity index (χ0v) is 17.8. The summed E-state index contributed by atoms with van der Waals surface area (Å²) in [6.07, 6.45) is 1.59. The highest BCUT2D eigenvalue weighted by Gasteiger charge is 2.31. The maximum absolute atomic E-state index is 13.0. The molecule has 1 saturated heterocycles. The number of benzene rings is 1. The maximum atomic E-state index is 13.0. The van der Waals surface area contributed by atoms with E-state index in [1.807, 2.05) is 13.0 Å². The third-order valence-corrected chi connectivity index (χ3v) is 7.26. The smallest absolute Gasteiger partial charge is 0.243 e. The molecular formula is C21H31N3O2S. The number of sulfonamides is 1. The molecule has 0 atom stereocenters. The second-order valence-corrected chi connectivity index (χ2v) is 10.1. The van der Waals surface area contributed by atoms with Gasteiger partial charge in [0.15, 0.2) is 0 Å². The van der Waals surface area contributed by atoms with Crippen molar-refractivity contribution in [3.63, 3.8) is 0 Å². The van der Waals surface area contributed by atoms with Crippen LogP contribution in [0.2, 0.25) is 0 Å². The minimum Gasteiger partial charge on any atom is -0.266 e. The summed E-state index contributed by atoms with van der Waals surface area (Å²) in [6.45, 7) is 11.7. The van der Waals surface area contributed by atoms with E-state index in [1.54, 1.807) is 22.5 Å². The van der Waals surface area contributed by atoms with Gasteiger partial charge in [0.25, 0.3) is 0 Å². The Balaban J connectivity index is 1.78. The van der Waals surface area contributed by atoms with Crippen LogP contribution >= 0.6 is 0 Å². The van der Waals surface area contributed by atoms with Crippen LogP contribution in [0.5, 0.6) is 0 Å². The zero-order valence-electron chi connectivity index (χ0n) is 17.0. The van der Waals surface area contributed by atoms with Crippen molar-refractivity contribution in [2.45, 2.75) is 70.2 Å². The third-order valence-electron chi connectivity index (χ3n) is 5.36. The first kappa shape index (κ1) is 20.1. The Morgan fingerprint density at radius 1 is 1.04 bits per heavy atom. The molecule has 0 saturated carbocycles. The molecule has 1 aliphatic rings. The Kier molecular flexibility index (Phi) is 5.77. The lowest BCUT2D eigenvalue weighted by molar-refractivity contribution is 0.255. The van der Waals surface area contributed by atoms with Gasteiger partial charge in [0.1, 0.15) is 0 Å². The molecule has 0 radical (unpaired) electrons. The summed E-state index contributed by atoms with van der Waals surface area (Å²) >= 11 is 0. The largest absolute Gasteiger partial charge is 0.266 e. The van der Waals surface area contributed by atoms with Crippen molar-refractivity contribution in [3.8, 4) is 0 Å². The monoisotopic (exact) mass is 389 g/mol. The summed E-state index contributed by atoms with van der Waals surface area (Å²) in [5.41, 5.74) is 3.33. The molecule has 1 fully saturated rings. The normalized spacial score (nSPS) is 17.1. The fourth-order valence-corrected chi connectivity index (χ4v) is 5.26. The first-order valence-electron chi connectivity index (χ1n) is 9.86. The molecule has 27 heavy (non-hydrogen) atoms. The second kappa shape index (κ2) is 7.76. The van der Waals surface area contributed by atoms with E-state index in [2.05, 4.69) is 38.4 Å². The molecular weight excluding hydrogens is 358 g/mol. The van der Waals surface area contributed by atoms with Crippen LogP contribution in [0.4, 0.5) is 0 Å². The first-order chi connectivity index (χ1) is 12.7. The SMILES string of the molecule is Cc1cccc(S(=O)(=O)N2CCC(n3nc(C(C)C)cc3C(C)C)CC2)c1. The molecule has 0 amide bonds. The third kappa shape index (κ3) is 4.11. The number of aryl methyl sites for hydroxylation is 1. The molecule has 5 nitrogen and oxygen atoms in total. The maximum Gasteiger partial charge on any atom is 0.243 e. The summed E-state index contributed by atoms with van der Waals surface area (Å²) in [5, 5.41) is 4.86. The van der Waals surface area contributed by atoms with Gasteiger partial charge in [0.2, 0.25) is 10.0 Å². The lowest BCUT2D eigenvalue weighted by atomic mass is 10.0.